The fraction of sp³-hybridized carbons (Fsp3) is 0.133. The van der Waals surface area contributed by atoms with E-state index in [1.807, 2.05) is 24.3 Å². The van der Waals surface area contributed by atoms with Gasteiger partial charge in [-0.05, 0) is 36.2 Å². The van der Waals surface area contributed by atoms with E-state index < -0.39 is 0 Å². The van der Waals surface area contributed by atoms with Crippen LogP contribution in [0.5, 0.6) is 0 Å². The van der Waals surface area contributed by atoms with E-state index in [9.17, 15) is 4.39 Å². The Morgan fingerprint density at radius 3 is 2.79 bits per heavy atom. The standard InChI is InChI=1S/C15H14FN3/c1-9-2-4-11(7-12(9)16)15-18-13-5-3-10(8-17)6-14(13)19-15/h2-7H,8,17H2,1H3,(H,18,19). The van der Waals surface area contributed by atoms with Crippen molar-refractivity contribution < 1.29 is 4.39 Å². The number of aryl methyl sites for hydroxylation is 1. The highest BCUT2D eigenvalue weighted by atomic mass is 19.1. The molecule has 0 atom stereocenters. The lowest BCUT2D eigenvalue weighted by Crippen LogP contribution is -1.95. The lowest BCUT2D eigenvalue weighted by molar-refractivity contribution is 0.619. The first-order chi connectivity index (χ1) is 9.17. The SMILES string of the molecule is Cc1ccc(-c2nc3ccc(CN)cc3[nH]2)cc1F. The molecule has 96 valence electrons. The Morgan fingerprint density at radius 2 is 2.05 bits per heavy atom. The van der Waals surface area contributed by atoms with Crippen LogP contribution in [0.1, 0.15) is 11.1 Å². The fourth-order valence-electron chi connectivity index (χ4n) is 2.06. The highest BCUT2D eigenvalue weighted by molar-refractivity contribution is 5.80. The number of halogens is 1. The zero-order valence-electron chi connectivity index (χ0n) is 10.6. The van der Waals surface area contributed by atoms with Crippen LogP contribution in [0.2, 0.25) is 0 Å². The van der Waals surface area contributed by atoms with Gasteiger partial charge < -0.3 is 10.7 Å². The Bertz CT molecular complexity index is 746. The molecule has 4 heteroatoms. The van der Waals surface area contributed by atoms with Crippen molar-refractivity contribution in [3.8, 4) is 11.4 Å². The number of hydrogen-bond donors (Lipinski definition) is 2. The number of nitrogens with zero attached hydrogens (tertiary/aromatic N) is 1. The molecule has 3 N–H and O–H groups in total. The van der Waals surface area contributed by atoms with Crippen LogP contribution in [0.4, 0.5) is 4.39 Å². The smallest absolute Gasteiger partial charge is 0.138 e. The van der Waals surface area contributed by atoms with Gasteiger partial charge in [0.1, 0.15) is 11.6 Å². The van der Waals surface area contributed by atoms with E-state index >= 15 is 0 Å². The molecule has 0 bridgehead atoms. The average Bonchev–Trinajstić information content (AvgIpc) is 2.84. The molecule has 3 nitrogen and oxygen atoms in total. The van der Waals surface area contributed by atoms with Gasteiger partial charge in [-0.2, -0.15) is 0 Å². The van der Waals surface area contributed by atoms with E-state index in [-0.39, 0.29) is 5.82 Å². The minimum absolute atomic E-state index is 0.222. The molecule has 0 radical (unpaired) electrons. The van der Waals surface area contributed by atoms with Gasteiger partial charge in [0.15, 0.2) is 0 Å². The summed E-state index contributed by atoms with van der Waals surface area (Å²) in [5.74, 6) is 0.448. The molecule has 0 spiro atoms. The molecule has 0 aliphatic heterocycles. The lowest BCUT2D eigenvalue weighted by atomic mass is 10.1. The summed E-state index contributed by atoms with van der Waals surface area (Å²) in [6, 6.07) is 10.9. The lowest BCUT2D eigenvalue weighted by Gasteiger charge is -1.99. The molecule has 3 aromatic rings. The molecule has 0 saturated heterocycles. The van der Waals surface area contributed by atoms with Crippen LogP contribution in [-0.4, -0.2) is 9.97 Å². The van der Waals surface area contributed by atoms with E-state index in [2.05, 4.69) is 9.97 Å². The number of aromatic amines is 1. The van der Waals surface area contributed by atoms with Crippen molar-refractivity contribution in [3.05, 3.63) is 53.3 Å². The number of fused-ring (bicyclic) bond motifs is 1. The quantitative estimate of drug-likeness (QED) is 0.739. The maximum absolute atomic E-state index is 13.6. The summed E-state index contributed by atoms with van der Waals surface area (Å²) >= 11 is 0. The molecule has 2 aromatic carbocycles. The number of H-pyrrole nitrogens is 1. The number of imidazole rings is 1. The van der Waals surface area contributed by atoms with Gasteiger partial charge in [0.25, 0.3) is 0 Å². The van der Waals surface area contributed by atoms with E-state index in [1.165, 1.54) is 6.07 Å². The topological polar surface area (TPSA) is 54.7 Å². The second kappa shape index (κ2) is 4.48. The van der Waals surface area contributed by atoms with Crippen molar-refractivity contribution in [2.45, 2.75) is 13.5 Å². The number of hydrogen-bond acceptors (Lipinski definition) is 2. The van der Waals surface area contributed by atoms with Crippen molar-refractivity contribution in [2.75, 3.05) is 0 Å². The van der Waals surface area contributed by atoms with Crippen molar-refractivity contribution in [3.63, 3.8) is 0 Å². The molecular weight excluding hydrogens is 241 g/mol. The van der Waals surface area contributed by atoms with Crippen molar-refractivity contribution in [2.24, 2.45) is 5.73 Å². The maximum Gasteiger partial charge on any atom is 0.138 e. The van der Waals surface area contributed by atoms with Crippen molar-refractivity contribution in [1.29, 1.82) is 0 Å². The Kier molecular flexibility index (Phi) is 2.80. The van der Waals surface area contributed by atoms with Crippen LogP contribution < -0.4 is 5.73 Å². The second-order valence-corrected chi connectivity index (χ2v) is 4.60. The third kappa shape index (κ3) is 2.11. The minimum Gasteiger partial charge on any atom is -0.338 e. The highest BCUT2D eigenvalue weighted by Gasteiger charge is 2.07. The zero-order valence-corrected chi connectivity index (χ0v) is 10.6. The van der Waals surface area contributed by atoms with Crippen LogP contribution in [-0.2, 0) is 6.54 Å². The first-order valence-electron chi connectivity index (χ1n) is 6.12. The van der Waals surface area contributed by atoms with Gasteiger partial charge in [-0.15, -0.1) is 0 Å². The number of aromatic nitrogens is 2. The normalized spacial score (nSPS) is 11.1. The highest BCUT2D eigenvalue weighted by Crippen LogP contribution is 2.22. The zero-order chi connectivity index (χ0) is 13.4. The molecule has 0 fully saturated rings. The van der Waals surface area contributed by atoms with Crippen LogP contribution in [0.3, 0.4) is 0 Å². The Labute approximate surface area is 110 Å². The van der Waals surface area contributed by atoms with E-state index in [4.69, 9.17) is 5.73 Å². The first kappa shape index (κ1) is 11.9. The number of rotatable bonds is 2. The first-order valence-corrected chi connectivity index (χ1v) is 6.12. The van der Waals surface area contributed by atoms with E-state index in [0.717, 1.165) is 22.2 Å². The molecule has 0 unspecified atom stereocenters. The average molecular weight is 255 g/mol. The van der Waals surface area contributed by atoms with Crippen LogP contribution >= 0.6 is 0 Å². The van der Waals surface area contributed by atoms with E-state index in [0.29, 0.717) is 17.9 Å². The van der Waals surface area contributed by atoms with Gasteiger partial charge in [0, 0.05) is 12.1 Å². The monoisotopic (exact) mass is 255 g/mol. The summed E-state index contributed by atoms with van der Waals surface area (Å²) in [5.41, 5.74) is 9.80. The molecule has 0 aliphatic rings. The molecule has 0 aliphatic carbocycles. The van der Waals surface area contributed by atoms with Gasteiger partial charge >= 0.3 is 0 Å². The van der Waals surface area contributed by atoms with Crippen molar-refractivity contribution in [1.82, 2.24) is 9.97 Å². The summed E-state index contributed by atoms with van der Waals surface area (Å²) in [4.78, 5) is 7.67. The van der Waals surface area contributed by atoms with Crippen LogP contribution in [0, 0.1) is 12.7 Å². The maximum atomic E-state index is 13.6. The van der Waals surface area contributed by atoms with Crippen LogP contribution in [0.25, 0.3) is 22.4 Å². The molecular formula is C15H14FN3. The molecule has 3 rings (SSSR count). The largest absolute Gasteiger partial charge is 0.338 e. The Morgan fingerprint density at radius 1 is 1.21 bits per heavy atom. The van der Waals surface area contributed by atoms with Gasteiger partial charge in [0.05, 0.1) is 11.0 Å². The predicted octanol–water partition coefficient (Wildman–Crippen LogP) is 3.14. The van der Waals surface area contributed by atoms with Gasteiger partial charge in [-0.3, -0.25) is 0 Å². The molecule has 0 saturated carbocycles. The summed E-state index contributed by atoms with van der Waals surface area (Å²) in [7, 11) is 0. The fourth-order valence-corrected chi connectivity index (χ4v) is 2.06. The Hall–Kier alpha value is -2.20. The molecule has 1 heterocycles. The van der Waals surface area contributed by atoms with Crippen molar-refractivity contribution >= 4 is 11.0 Å². The van der Waals surface area contributed by atoms with Gasteiger partial charge in [-0.1, -0.05) is 18.2 Å². The third-order valence-electron chi connectivity index (χ3n) is 3.23. The predicted molar refractivity (Wildman–Crippen MR) is 74.1 cm³/mol. The van der Waals surface area contributed by atoms with E-state index in [1.54, 1.807) is 13.0 Å². The summed E-state index contributed by atoms with van der Waals surface area (Å²) in [6.07, 6.45) is 0. The van der Waals surface area contributed by atoms with Crippen LogP contribution in [0.15, 0.2) is 36.4 Å². The number of nitrogens with two attached hydrogens (primary N) is 1. The van der Waals surface area contributed by atoms with Gasteiger partial charge in [-0.25, -0.2) is 9.37 Å². The molecule has 1 aromatic heterocycles. The Balaban J connectivity index is 2.11. The minimum atomic E-state index is -0.222. The molecule has 19 heavy (non-hydrogen) atoms. The summed E-state index contributed by atoms with van der Waals surface area (Å²) in [6.45, 7) is 2.23. The second-order valence-electron chi connectivity index (χ2n) is 4.60. The van der Waals surface area contributed by atoms with Gasteiger partial charge in [0.2, 0.25) is 0 Å². The third-order valence-corrected chi connectivity index (χ3v) is 3.23. The summed E-state index contributed by atoms with van der Waals surface area (Å²) in [5, 5.41) is 0. The summed E-state index contributed by atoms with van der Waals surface area (Å²) < 4.78 is 13.6. The number of nitrogens with one attached hydrogen (secondary N) is 1. The molecule has 0 amide bonds. The number of benzene rings is 2.